The third kappa shape index (κ3) is 5.48. The summed E-state index contributed by atoms with van der Waals surface area (Å²) in [4.78, 5) is 3.92. The van der Waals surface area contributed by atoms with Crippen LogP contribution in [0.1, 0.15) is 5.56 Å². The van der Waals surface area contributed by atoms with Crippen LogP contribution >= 0.6 is 24.0 Å². The summed E-state index contributed by atoms with van der Waals surface area (Å²) >= 11 is 0. The number of alkyl halides is 2. The van der Waals surface area contributed by atoms with Gasteiger partial charge in [-0.15, -0.1) is 24.0 Å². The lowest BCUT2D eigenvalue weighted by atomic mass is 10.2. The zero-order chi connectivity index (χ0) is 12.7. The van der Waals surface area contributed by atoms with Gasteiger partial charge in [-0.2, -0.15) is 8.78 Å². The van der Waals surface area contributed by atoms with Crippen molar-refractivity contribution in [2.45, 2.75) is 13.2 Å². The lowest BCUT2D eigenvalue weighted by Crippen LogP contribution is -2.34. The second-order valence-electron chi connectivity index (χ2n) is 3.16. The maximum Gasteiger partial charge on any atom is 0.387 e. The smallest absolute Gasteiger partial charge is 0.387 e. The molecule has 102 valence electrons. The van der Waals surface area contributed by atoms with E-state index in [9.17, 15) is 8.78 Å². The fraction of sp³-hybridized carbons (Fsp3) is 0.364. The first-order chi connectivity index (χ1) is 8.17. The average Bonchev–Trinajstić information content (AvgIpc) is 2.31. The first kappa shape index (κ1) is 16.9. The third-order valence-corrected chi connectivity index (χ3v) is 2.10. The summed E-state index contributed by atoms with van der Waals surface area (Å²) in [5.74, 6) is 0.749. The van der Waals surface area contributed by atoms with Crippen molar-refractivity contribution in [2.24, 2.45) is 4.99 Å². The number of hydrogen-bond acceptors (Lipinski definition) is 2. The number of rotatable bonds is 4. The highest BCUT2D eigenvalue weighted by atomic mass is 127. The molecule has 0 amide bonds. The van der Waals surface area contributed by atoms with Gasteiger partial charge in [-0.3, -0.25) is 4.99 Å². The van der Waals surface area contributed by atoms with Gasteiger partial charge in [0, 0.05) is 26.2 Å². The van der Waals surface area contributed by atoms with E-state index in [-0.39, 0.29) is 29.7 Å². The molecular formula is C11H16F2IN3O. The summed E-state index contributed by atoms with van der Waals surface area (Å²) in [6.45, 7) is -2.46. The highest BCUT2D eigenvalue weighted by molar-refractivity contribution is 14.0. The van der Waals surface area contributed by atoms with Gasteiger partial charge in [0.25, 0.3) is 0 Å². The van der Waals surface area contributed by atoms with E-state index in [1.165, 1.54) is 6.07 Å². The van der Waals surface area contributed by atoms with Crippen molar-refractivity contribution < 1.29 is 13.5 Å². The molecule has 0 saturated heterocycles. The largest absolute Gasteiger partial charge is 0.434 e. The van der Waals surface area contributed by atoms with E-state index >= 15 is 0 Å². The van der Waals surface area contributed by atoms with Crippen LogP contribution in [0.15, 0.2) is 29.3 Å². The second kappa shape index (κ2) is 8.90. The number of benzene rings is 1. The summed E-state index contributed by atoms with van der Waals surface area (Å²) in [5, 5.41) is 5.80. The fourth-order valence-corrected chi connectivity index (χ4v) is 1.32. The fourth-order valence-electron chi connectivity index (χ4n) is 1.32. The van der Waals surface area contributed by atoms with Crippen molar-refractivity contribution in [3.63, 3.8) is 0 Å². The first-order valence-electron chi connectivity index (χ1n) is 5.08. The van der Waals surface area contributed by atoms with Gasteiger partial charge in [0.15, 0.2) is 5.96 Å². The van der Waals surface area contributed by atoms with Crippen molar-refractivity contribution in [2.75, 3.05) is 14.1 Å². The van der Waals surface area contributed by atoms with Crippen LogP contribution < -0.4 is 15.4 Å². The Hall–Kier alpha value is -1.12. The van der Waals surface area contributed by atoms with Gasteiger partial charge in [0.05, 0.1) is 0 Å². The summed E-state index contributed by atoms with van der Waals surface area (Å²) < 4.78 is 28.7. The molecule has 7 heteroatoms. The molecule has 0 aliphatic carbocycles. The van der Waals surface area contributed by atoms with Crippen LogP contribution in [-0.2, 0) is 6.54 Å². The number of ether oxygens (including phenoxy) is 1. The molecule has 0 heterocycles. The van der Waals surface area contributed by atoms with E-state index in [1.807, 2.05) is 0 Å². The molecule has 1 aromatic carbocycles. The van der Waals surface area contributed by atoms with Gasteiger partial charge in [0.2, 0.25) is 0 Å². The van der Waals surface area contributed by atoms with E-state index < -0.39 is 6.61 Å². The van der Waals surface area contributed by atoms with Crippen molar-refractivity contribution >= 4 is 29.9 Å². The molecule has 0 unspecified atom stereocenters. The van der Waals surface area contributed by atoms with Crippen LogP contribution in [0.4, 0.5) is 8.78 Å². The van der Waals surface area contributed by atoms with E-state index in [1.54, 1.807) is 32.3 Å². The summed E-state index contributed by atoms with van der Waals surface area (Å²) in [6, 6.07) is 6.63. The zero-order valence-corrected chi connectivity index (χ0v) is 12.4. The molecule has 18 heavy (non-hydrogen) atoms. The van der Waals surface area contributed by atoms with Gasteiger partial charge in [-0.25, -0.2) is 0 Å². The molecule has 0 aliphatic rings. The Morgan fingerprint density at radius 2 is 2.06 bits per heavy atom. The van der Waals surface area contributed by atoms with E-state index in [0.717, 1.165) is 0 Å². The predicted octanol–water partition coefficient (Wildman–Crippen LogP) is 2.20. The highest BCUT2D eigenvalue weighted by Gasteiger charge is 2.08. The standard InChI is InChI=1S/C11H15F2N3O.HI/c1-14-11(15-2)16-7-8-5-3-4-6-9(8)17-10(12)13;/h3-6,10H,7H2,1-2H3,(H2,14,15,16);1H. The lowest BCUT2D eigenvalue weighted by molar-refractivity contribution is -0.0504. The van der Waals surface area contributed by atoms with Crippen LogP contribution in [0.5, 0.6) is 5.75 Å². The minimum Gasteiger partial charge on any atom is -0.434 e. The maximum absolute atomic E-state index is 12.2. The molecule has 0 aliphatic heterocycles. The van der Waals surface area contributed by atoms with Crippen molar-refractivity contribution in [1.29, 1.82) is 0 Å². The number of halogens is 3. The lowest BCUT2D eigenvalue weighted by Gasteiger charge is -2.12. The average molecular weight is 371 g/mol. The number of guanidine groups is 1. The summed E-state index contributed by atoms with van der Waals surface area (Å²) in [5.41, 5.74) is 0.643. The molecule has 1 rings (SSSR count). The van der Waals surface area contributed by atoms with Crippen molar-refractivity contribution in [3.05, 3.63) is 29.8 Å². The molecule has 0 radical (unpaired) electrons. The van der Waals surface area contributed by atoms with Crippen LogP contribution in [0, 0.1) is 0 Å². The Morgan fingerprint density at radius 1 is 1.39 bits per heavy atom. The molecule has 0 spiro atoms. The number of nitrogens with zero attached hydrogens (tertiary/aromatic N) is 1. The van der Waals surface area contributed by atoms with E-state index in [2.05, 4.69) is 20.4 Å². The van der Waals surface area contributed by atoms with Crippen LogP contribution in [0.25, 0.3) is 0 Å². The Bertz CT molecular complexity index is 388. The van der Waals surface area contributed by atoms with Gasteiger partial charge < -0.3 is 15.4 Å². The molecule has 0 bridgehead atoms. The Labute approximate surface area is 122 Å². The molecule has 0 aromatic heterocycles. The maximum atomic E-state index is 12.2. The van der Waals surface area contributed by atoms with Gasteiger partial charge in [-0.1, -0.05) is 18.2 Å². The summed E-state index contributed by atoms with van der Waals surface area (Å²) in [7, 11) is 3.34. The summed E-state index contributed by atoms with van der Waals surface area (Å²) in [6.07, 6.45) is 0. The van der Waals surface area contributed by atoms with Crippen LogP contribution in [0.2, 0.25) is 0 Å². The molecule has 0 fully saturated rings. The highest BCUT2D eigenvalue weighted by Crippen LogP contribution is 2.19. The molecule has 0 saturated carbocycles. The Morgan fingerprint density at radius 3 is 2.61 bits per heavy atom. The number of para-hydroxylation sites is 1. The molecule has 1 aromatic rings. The Balaban J connectivity index is 0.00000289. The van der Waals surface area contributed by atoms with Gasteiger partial charge in [-0.05, 0) is 6.07 Å². The normalized spacial score (nSPS) is 10.8. The molecule has 4 nitrogen and oxygen atoms in total. The van der Waals surface area contributed by atoms with Gasteiger partial charge in [0.1, 0.15) is 5.75 Å². The van der Waals surface area contributed by atoms with Crippen LogP contribution in [-0.4, -0.2) is 26.7 Å². The Kier molecular flexibility index (Phi) is 8.34. The monoisotopic (exact) mass is 371 g/mol. The quantitative estimate of drug-likeness (QED) is 0.485. The minimum absolute atomic E-state index is 0. The first-order valence-corrected chi connectivity index (χ1v) is 5.08. The number of nitrogens with one attached hydrogen (secondary N) is 2. The topological polar surface area (TPSA) is 45.7 Å². The van der Waals surface area contributed by atoms with E-state index in [0.29, 0.717) is 18.1 Å². The number of hydrogen-bond donors (Lipinski definition) is 2. The molecular weight excluding hydrogens is 355 g/mol. The van der Waals surface area contributed by atoms with Crippen molar-refractivity contribution in [1.82, 2.24) is 10.6 Å². The molecule has 0 atom stereocenters. The SMILES string of the molecule is CN=C(NC)NCc1ccccc1OC(F)F.I. The van der Waals surface area contributed by atoms with Crippen molar-refractivity contribution in [3.8, 4) is 5.75 Å². The van der Waals surface area contributed by atoms with Gasteiger partial charge >= 0.3 is 6.61 Å². The second-order valence-corrected chi connectivity index (χ2v) is 3.16. The predicted molar refractivity (Wildman–Crippen MR) is 77.7 cm³/mol. The zero-order valence-electron chi connectivity index (χ0n) is 10.1. The minimum atomic E-state index is -2.82. The molecule has 2 N–H and O–H groups in total. The third-order valence-electron chi connectivity index (χ3n) is 2.10. The van der Waals surface area contributed by atoms with Crippen LogP contribution in [0.3, 0.4) is 0 Å². The van der Waals surface area contributed by atoms with E-state index in [4.69, 9.17) is 0 Å². The number of aliphatic imine (C=N–C) groups is 1.